The number of nitrogens with two attached hydrogens (primary N) is 1. The average molecular weight is 640 g/mol. The van der Waals surface area contributed by atoms with Crippen LogP contribution in [0.5, 0.6) is 0 Å². The first kappa shape index (κ1) is 31.6. The molecule has 0 aliphatic carbocycles. The van der Waals surface area contributed by atoms with Crippen molar-refractivity contribution in [2.45, 2.75) is 12.5 Å². The summed E-state index contributed by atoms with van der Waals surface area (Å²) in [5, 5.41) is 21.9. The molecule has 0 saturated carbocycles. The SMILES string of the molecule is COC(=O)Nc1ccc(-c2cc([C@H](Cc3ccccc3)NC(=O)/C=C/c3cc(Cl)ccc3N3C=NN(C)N3)nnc2C(N)=O)cc1. The number of nitrogens with zero attached hydrogens (tertiary/aromatic N) is 5. The summed E-state index contributed by atoms with van der Waals surface area (Å²) in [6.07, 6.45) is 4.43. The molecule has 5 rings (SSSR count). The summed E-state index contributed by atoms with van der Waals surface area (Å²) in [5.74, 6) is -1.16. The predicted molar refractivity (Wildman–Crippen MR) is 175 cm³/mol. The second-order valence-electron chi connectivity index (χ2n) is 10.1. The molecular formula is C32H30ClN9O4. The molecular weight excluding hydrogens is 610 g/mol. The van der Waals surface area contributed by atoms with Crippen LogP contribution in [-0.2, 0) is 16.0 Å². The number of aromatic nitrogens is 2. The largest absolute Gasteiger partial charge is 0.453 e. The zero-order valence-electron chi connectivity index (χ0n) is 24.8. The summed E-state index contributed by atoms with van der Waals surface area (Å²) in [4.78, 5) is 37.3. The molecule has 0 fully saturated rings. The normalized spacial score (nSPS) is 13.1. The molecule has 0 bridgehead atoms. The minimum absolute atomic E-state index is 0.0414. The first-order valence-corrected chi connectivity index (χ1v) is 14.4. The number of halogens is 1. The van der Waals surface area contributed by atoms with Gasteiger partial charge in [-0.25, -0.2) is 14.9 Å². The lowest BCUT2D eigenvalue weighted by Crippen LogP contribution is -2.38. The smallest absolute Gasteiger partial charge is 0.411 e. The number of methoxy groups -OCH3 is 1. The fourth-order valence-corrected chi connectivity index (χ4v) is 4.86. The van der Waals surface area contributed by atoms with E-state index in [2.05, 4.69) is 36.2 Å². The molecule has 3 aromatic carbocycles. The van der Waals surface area contributed by atoms with Crippen LogP contribution in [0.1, 0.15) is 33.4 Å². The highest BCUT2D eigenvalue weighted by Gasteiger charge is 2.22. The van der Waals surface area contributed by atoms with Crippen molar-refractivity contribution in [3.05, 3.63) is 112 Å². The Labute approximate surface area is 269 Å². The van der Waals surface area contributed by atoms with Crippen LogP contribution in [-0.4, -0.2) is 53.7 Å². The number of hydrazone groups is 1. The molecule has 4 aromatic rings. The zero-order chi connectivity index (χ0) is 32.6. The molecule has 234 valence electrons. The summed E-state index contributed by atoms with van der Waals surface area (Å²) in [7, 11) is 3.02. The van der Waals surface area contributed by atoms with Crippen LogP contribution in [0.2, 0.25) is 5.02 Å². The fourth-order valence-electron chi connectivity index (χ4n) is 4.68. The maximum absolute atomic E-state index is 13.4. The standard InChI is InChI=1S/C32H30ClN9O4/c1-41-35-19-42(40-41)28-14-11-23(33)17-22(28)10-15-29(43)37-26(16-20-6-4-3-5-7-20)27-18-25(30(31(34)44)39-38-27)21-8-12-24(13-9-21)36-32(45)46-2/h3-15,17-19,26,40H,16H2,1-2H3,(H2,34,44)(H,36,45)(H,37,43)/b15-10+/t26-/m0/s1. The number of rotatable bonds is 10. The monoisotopic (exact) mass is 639 g/mol. The average Bonchev–Trinajstić information content (AvgIpc) is 3.49. The van der Waals surface area contributed by atoms with Crippen molar-refractivity contribution in [3.63, 3.8) is 0 Å². The van der Waals surface area contributed by atoms with Gasteiger partial charge in [0.25, 0.3) is 5.91 Å². The highest BCUT2D eigenvalue weighted by Crippen LogP contribution is 2.28. The highest BCUT2D eigenvalue weighted by atomic mass is 35.5. The number of nitrogens with one attached hydrogen (secondary N) is 3. The molecule has 13 nitrogen and oxygen atoms in total. The third kappa shape index (κ3) is 7.83. The third-order valence-electron chi connectivity index (χ3n) is 6.89. The van der Waals surface area contributed by atoms with Gasteiger partial charge in [0.15, 0.2) is 5.69 Å². The Morgan fingerprint density at radius 3 is 2.48 bits per heavy atom. The van der Waals surface area contributed by atoms with Crippen LogP contribution in [0.25, 0.3) is 17.2 Å². The van der Waals surface area contributed by atoms with E-state index in [1.165, 1.54) is 18.3 Å². The van der Waals surface area contributed by atoms with Gasteiger partial charge < -0.3 is 15.8 Å². The zero-order valence-corrected chi connectivity index (χ0v) is 25.6. The Morgan fingerprint density at radius 2 is 1.80 bits per heavy atom. The molecule has 46 heavy (non-hydrogen) atoms. The van der Waals surface area contributed by atoms with E-state index in [0.717, 1.165) is 11.3 Å². The third-order valence-corrected chi connectivity index (χ3v) is 7.12. The van der Waals surface area contributed by atoms with Gasteiger partial charge in [-0.1, -0.05) is 54.1 Å². The van der Waals surface area contributed by atoms with E-state index in [0.29, 0.717) is 39.5 Å². The van der Waals surface area contributed by atoms with Crippen molar-refractivity contribution in [1.29, 1.82) is 0 Å². The number of benzene rings is 3. The molecule has 1 aromatic heterocycles. The van der Waals surface area contributed by atoms with Gasteiger partial charge in [-0.2, -0.15) is 5.10 Å². The van der Waals surface area contributed by atoms with Gasteiger partial charge in [-0.05, 0) is 60.0 Å². The Morgan fingerprint density at radius 1 is 1.04 bits per heavy atom. The molecule has 2 heterocycles. The topological polar surface area (TPSA) is 167 Å². The summed E-state index contributed by atoms with van der Waals surface area (Å²) >= 11 is 6.27. The number of hydrogen-bond acceptors (Lipinski definition) is 10. The quantitative estimate of drug-likeness (QED) is 0.185. The van der Waals surface area contributed by atoms with E-state index >= 15 is 0 Å². The van der Waals surface area contributed by atoms with Gasteiger partial charge >= 0.3 is 6.09 Å². The lowest BCUT2D eigenvalue weighted by Gasteiger charge is -2.20. The van der Waals surface area contributed by atoms with Crippen molar-refractivity contribution in [3.8, 4) is 11.1 Å². The van der Waals surface area contributed by atoms with Gasteiger partial charge in [0.05, 0.1) is 24.5 Å². The molecule has 1 aliphatic rings. The highest BCUT2D eigenvalue weighted by molar-refractivity contribution is 6.30. The van der Waals surface area contributed by atoms with Crippen molar-refractivity contribution in [1.82, 2.24) is 26.2 Å². The number of hydrogen-bond donors (Lipinski definition) is 4. The van der Waals surface area contributed by atoms with Crippen molar-refractivity contribution >= 4 is 53.3 Å². The molecule has 0 radical (unpaired) electrons. The number of carbonyl (C=O) groups excluding carboxylic acids is 3. The van der Waals surface area contributed by atoms with E-state index in [1.54, 1.807) is 66.9 Å². The van der Waals surface area contributed by atoms with Gasteiger partial charge in [0.1, 0.15) is 6.34 Å². The molecule has 0 unspecified atom stereocenters. The number of amides is 3. The van der Waals surface area contributed by atoms with Gasteiger partial charge in [-0.3, -0.25) is 14.9 Å². The summed E-state index contributed by atoms with van der Waals surface area (Å²) in [6, 6.07) is 22.6. The maximum Gasteiger partial charge on any atom is 0.411 e. The molecule has 0 saturated heterocycles. The van der Waals surface area contributed by atoms with Gasteiger partial charge in [-0.15, -0.1) is 15.7 Å². The Kier molecular flexibility index (Phi) is 9.85. The number of ether oxygens (including phenoxy) is 1. The molecule has 0 spiro atoms. The van der Waals surface area contributed by atoms with E-state index in [4.69, 9.17) is 17.3 Å². The minimum atomic E-state index is -0.765. The Hall–Kier alpha value is -5.79. The predicted octanol–water partition coefficient (Wildman–Crippen LogP) is 4.30. The summed E-state index contributed by atoms with van der Waals surface area (Å²) < 4.78 is 4.64. The first-order valence-electron chi connectivity index (χ1n) is 14.0. The van der Waals surface area contributed by atoms with E-state index in [-0.39, 0.29) is 5.69 Å². The molecule has 14 heteroatoms. The lowest BCUT2D eigenvalue weighted by atomic mass is 9.98. The maximum atomic E-state index is 13.4. The number of primary amides is 1. The number of carbonyl (C=O) groups is 3. The lowest BCUT2D eigenvalue weighted by molar-refractivity contribution is -0.117. The molecule has 3 amide bonds. The second-order valence-corrected chi connectivity index (χ2v) is 10.5. The van der Waals surface area contributed by atoms with Crippen LogP contribution < -0.4 is 26.9 Å². The van der Waals surface area contributed by atoms with Crippen molar-refractivity contribution < 1.29 is 19.1 Å². The van der Waals surface area contributed by atoms with Gasteiger partial charge in [0, 0.05) is 35.0 Å². The van der Waals surface area contributed by atoms with Crippen LogP contribution in [0.4, 0.5) is 16.2 Å². The van der Waals surface area contributed by atoms with Gasteiger partial charge in [0.2, 0.25) is 5.91 Å². The van der Waals surface area contributed by atoms with Crippen molar-refractivity contribution in [2.75, 3.05) is 24.5 Å². The van der Waals surface area contributed by atoms with Crippen LogP contribution >= 0.6 is 11.6 Å². The molecule has 1 aliphatic heterocycles. The van der Waals surface area contributed by atoms with E-state index in [9.17, 15) is 14.4 Å². The number of anilines is 2. The molecule has 1 atom stereocenters. The van der Waals surface area contributed by atoms with E-state index < -0.39 is 23.9 Å². The molecule has 5 N–H and O–H groups in total. The van der Waals surface area contributed by atoms with Crippen LogP contribution in [0.3, 0.4) is 0 Å². The second kappa shape index (κ2) is 14.3. The Bertz CT molecular complexity index is 1800. The summed E-state index contributed by atoms with van der Waals surface area (Å²) in [6.45, 7) is 0. The van der Waals surface area contributed by atoms with Crippen LogP contribution in [0, 0.1) is 0 Å². The first-order chi connectivity index (χ1) is 22.2. The van der Waals surface area contributed by atoms with Crippen molar-refractivity contribution in [2.24, 2.45) is 10.8 Å². The minimum Gasteiger partial charge on any atom is -0.453 e. The number of hydrazine groups is 2. The summed E-state index contributed by atoms with van der Waals surface area (Å²) in [5.41, 5.74) is 12.9. The van der Waals surface area contributed by atoms with E-state index in [1.807, 2.05) is 36.4 Å². The van der Waals surface area contributed by atoms with Crippen LogP contribution in [0.15, 0.2) is 90.0 Å². The fraction of sp³-hybridized carbons (Fsp3) is 0.125. The Balaban J connectivity index is 1.45.